The molecule has 3 aliphatic rings. The van der Waals surface area contributed by atoms with Crippen LogP contribution in [0, 0.1) is 47.3 Å². The molecule has 164 valence electrons. The quantitative estimate of drug-likeness (QED) is 0.423. The summed E-state index contributed by atoms with van der Waals surface area (Å²) < 4.78 is 30.3. The smallest absolute Gasteiger partial charge is 0.134 e. The molecule has 28 heavy (non-hydrogen) atoms. The number of hydrogen-bond acceptors (Lipinski definition) is 0. The van der Waals surface area contributed by atoms with Gasteiger partial charge < -0.3 is 0 Å². The molecule has 0 heterocycles. The van der Waals surface area contributed by atoms with Crippen LogP contribution in [-0.4, -0.2) is 12.3 Å². The molecule has 0 nitrogen and oxygen atoms in total. The van der Waals surface area contributed by atoms with Crippen molar-refractivity contribution in [1.29, 1.82) is 0 Å². The lowest BCUT2D eigenvalue weighted by molar-refractivity contribution is -0.0376. The zero-order valence-electron chi connectivity index (χ0n) is 19.0. The fourth-order valence-corrected chi connectivity index (χ4v) is 6.86. The van der Waals surface area contributed by atoms with Gasteiger partial charge in [-0.2, -0.15) is 0 Å². The van der Waals surface area contributed by atoms with Crippen LogP contribution in [0.5, 0.6) is 0 Å². The van der Waals surface area contributed by atoms with E-state index in [9.17, 15) is 0 Å². The third kappa shape index (κ3) is 5.51. The van der Waals surface area contributed by atoms with Crippen molar-refractivity contribution >= 4 is 0 Å². The van der Waals surface area contributed by atoms with Crippen LogP contribution in [0.4, 0.5) is 8.78 Å². The van der Waals surface area contributed by atoms with Gasteiger partial charge in [0, 0.05) is 0 Å². The molecule has 0 amide bonds. The summed E-state index contributed by atoms with van der Waals surface area (Å²) in [7, 11) is 0. The minimum atomic E-state index is -1.20. The first-order valence-electron chi connectivity index (χ1n) is 12.6. The normalized spacial score (nSPS) is 43.8. The van der Waals surface area contributed by atoms with Gasteiger partial charge in [-0.1, -0.05) is 53.4 Å². The second kappa shape index (κ2) is 10.3. The molecule has 0 aromatic carbocycles. The molecule has 3 aliphatic carbocycles. The summed E-state index contributed by atoms with van der Waals surface area (Å²) in [5, 5.41) is 0. The van der Waals surface area contributed by atoms with Crippen molar-refractivity contribution in [2.45, 2.75) is 117 Å². The Morgan fingerprint density at radius 2 is 1.11 bits per heavy atom. The van der Waals surface area contributed by atoms with Gasteiger partial charge in [-0.3, -0.25) is 0 Å². The topological polar surface area (TPSA) is 0 Å². The third-order valence-corrected chi connectivity index (χ3v) is 9.05. The molecule has 3 rings (SSSR count). The monoisotopic (exact) mass is 396 g/mol. The maximum Gasteiger partial charge on any atom is 0.134 e. The van der Waals surface area contributed by atoms with Crippen LogP contribution in [0.15, 0.2) is 0 Å². The van der Waals surface area contributed by atoms with Crippen LogP contribution in [0.2, 0.25) is 0 Å². The highest BCUT2D eigenvalue weighted by molar-refractivity contribution is 4.95. The predicted molar refractivity (Wildman–Crippen MR) is 116 cm³/mol. The second-order valence-electron chi connectivity index (χ2n) is 11.4. The van der Waals surface area contributed by atoms with Gasteiger partial charge in [0.25, 0.3) is 0 Å². The van der Waals surface area contributed by atoms with E-state index in [1.165, 1.54) is 38.5 Å². The van der Waals surface area contributed by atoms with Crippen molar-refractivity contribution in [3.05, 3.63) is 0 Å². The van der Waals surface area contributed by atoms with Gasteiger partial charge in [0.1, 0.15) is 12.3 Å². The summed E-state index contributed by atoms with van der Waals surface area (Å²) in [6.45, 7) is 9.34. The van der Waals surface area contributed by atoms with Crippen molar-refractivity contribution in [2.24, 2.45) is 47.3 Å². The predicted octanol–water partition coefficient (Wildman–Crippen LogP) is 8.39. The zero-order chi connectivity index (χ0) is 20.3. The van der Waals surface area contributed by atoms with Gasteiger partial charge >= 0.3 is 0 Å². The average Bonchev–Trinajstić information content (AvgIpc) is 2.69. The van der Waals surface area contributed by atoms with Crippen LogP contribution >= 0.6 is 0 Å². The minimum Gasteiger partial charge on any atom is -0.244 e. The summed E-state index contributed by atoms with van der Waals surface area (Å²) >= 11 is 0. The molecule has 0 radical (unpaired) electrons. The van der Waals surface area contributed by atoms with E-state index in [0.717, 1.165) is 62.2 Å². The summed E-state index contributed by atoms with van der Waals surface area (Å²) in [6, 6.07) is 0. The molecular formula is C26H46F2. The maximum atomic E-state index is 15.2. The molecular weight excluding hydrogens is 350 g/mol. The summed E-state index contributed by atoms with van der Waals surface area (Å²) in [5.74, 6) is 4.07. The van der Waals surface area contributed by atoms with Crippen molar-refractivity contribution in [3.63, 3.8) is 0 Å². The molecule has 3 saturated carbocycles. The number of halogens is 2. The van der Waals surface area contributed by atoms with Gasteiger partial charge in [-0.25, -0.2) is 8.78 Å². The van der Waals surface area contributed by atoms with Crippen molar-refractivity contribution in [2.75, 3.05) is 0 Å². The number of hydrogen-bond donors (Lipinski definition) is 0. The van der Waals surface area contributed by atoms with E-state index in [4.69, 9.17) is 0 Å². The van der Waals surface area contributed by atoms with Gasteiger partial charge in [-0.05, 0) is 98.7 Å². The van der Waals surface area contributed by atoms with Crippen LogP contribution in [0.3, 0.4) is 0 Å². The first kappa shape index (κ1) is 22.5. The van der Waals surface area contributed by atoms with Gasteiger partial charge in [0.05, 0.1) is 0 Å². The Bertz CT molecular complexity index is 445. The van der Waals surface area contributed by atoms with Crippen LogP contribution < -0.4 is 0 Å². The molecule has 0 aliphatic heterocycles. The van der Waals surface area contributed by atoms with Crippen molar-refractivity contribution in [3.8, 4) is 0 Å². The van der Waals surface area contributed by atoms with Crippen LogP contribution in [-0.2, 0) is 0 Å². The lowest BCUT2D eigenvalue weighted by atomic mass is 9.63. The van der Waals surface area contributed by atoms with E-state index >= 15 is 8.78 Å². The Labute approximate surface area is 173 Å². The Kier molecular flexibility index (Phi) is 8.25. The first-order valence-corrected chi connectivity index (χ1v) is 12.6. The molecule has 5 atom stereocenters. The van der Waals surface area contributed by atoms with E-state index < -0.39 is 12.3 Å². The number of alkyl halides is 2. The molecule has 0 N–H and O–H groups in total. The molecule has 3 fully saturated rings. The zero-order valence-corrected chi connectivity index (χ0v) is 19.0. The van der Waals surface area contributed by atoms with E-state index in [1.54, 1.807) is 0 Å². The van der Waals surface area contributed by atoms with E-state index in [-0.39, 0.29) is 11.8 Å². The highest BCUT2D eigenvalue weighted by atomic mass is 19.2. The second-order valence-corrected chi connectivity index (χ2v) is 11.4. The largest absolute Gasteiger partial charge is 0.244 e. The maximum absolute atomic E-state index is 15.2. The molecule has 2 heteroatoms. The standard InChI is InChI=1S/C26H46F2/c1-17(2)5-8-19(4)20-11-13-22(14-12-20)24-16-15-23(25(27)26(24)28)21-9-6-18(3)7-10-21/h17-26H,5-16H2,1-4H3. The Balaban J connectivity index is 1.47. The fraction of sp³-hybridized carbons (Fsp3) is 1.00. The lowest BCUT2D eigenvalue weighted by Crippen LogP contribution is -2.45. The van der Waals surface area contributed by atoms with E-state index in [0.29, 0.717) is 11.8 Å². The van der Waals surface area contributed by atoms with Gasteiger partial charge in [0.15, 0.2) is 0 Å². The highest BCUT2D eigenvalue weighted by Crippen LogP contribution is 2.48. The third-order valence-electron chi connectivity index (χ3n) is 9.05. The molecule has 5 unspecified atom stereocenters. The van der Waals surface area contributed by atoms with Gasteiger partial charge in [0.2, 0.25) is 0 Å². The summed E-state index contributed by atoms with van der Waals surface area (Å²) in [6.07, 6.45) is 11.6. The Morgan fingerprint density at radius 1 is 0.643 bits per heavy atom. The van der Waals surface area contributed by atoms with Crippen molar-refractivity contribution < 1.29 is 8.78 Å². The summed E-state index contributed by atoms with van der Waals surface area (Å²) in [4.78, 5) is 0. The molecule has 0 spiro atoms. The molecule has 0 aromatic heterocycles. The SMILES string of the molecule is CC(C)CCC(C)C1CCC(C2CCC(C3CCC(C)CC3)C(F)C2F)CC1. The Hall–Kier alpha value is -0.140. The van der Waals surface area contributed by atoms with Crippen LogP contribution in [0.25, 0.3) is 0 Å². The number of rotatable bonds is 6. The summed E-state index contributed by atoms with van der Waals surface area (Å²) in [5.41, 5.74) is 0. The Morgan fingerprint density at radius 3 is 1.57 bits per heavy atom. The first-order chi connectivity index (χ1) is 13.4. The minimum absolute atomic E-state index is 0.000634. The molecule has 0 bridgehead atoms. The van der Waals surface area contributed by atoms with Crippen LogP contribution in [0.1, 0.15) is 105 Å². The van der Waals surface area contributed by atoms with E-state index in [2.05, 4.69) is 27.7 Å². The molecule has 0 aromatic rings. The van der Waals surface area contributed by atoms with E-state index in [1.807, 2.05) is 0 Å². The fourth-order valence-electron chi connectivity index (χ4n) is 6.86. The molecule has 0 saturated heterocycles. The highest BCUT2D eigenvalue weighted by Gasteiger charge is 2.46. The average molecular weight is 397 g/mol. The lowest BCUT2D eigenvalue weighted by Gasteiger charge is -2.45. The van der Waals surface area contributed by atoms with Crippen molar-refractivity contribution in [1.82, 2.24) is 0 Å². The van der Waals surface area contributed by atoms with Gasteiger partial charge in [-0.15, -0.1) is 0 Å².